The summed E-state index contributed by atoms with van der Waals surface area (Å²) >= 11 is 9.03. The van der Waals surface area contributed by atoms with Crippen molar-refractivity contribution in [2.75, 3.05) is 5.32 Å². The number of nitrogens with zero attached hydrogens (tertiary/aromatic N) is 2. The van der Waals surface area contributed by atoms with Crippen molar-refractivity contribution >= 4 is 46.3 Å². The van der Waals surface area contributed by atoms with Crippen molar-refractivity contribution in [3.8, 4) is 0 Å². The number of benzene rings is 2. The Morgan fingerprint density at radius 3 is 2.56 bits per heavy atom. The van der Waals surface area contributed by atoms with Crippen LogP contribution in [0.1, 0.15) is 21.4 Å². The average Bonchev–Trinajstić information content (AvgIpc) is 3.02. The first-order valence-electron chi connectivity index (χ1n) is 7.61. The summed E-state index contributed by atoms with van der Waals surface area (Å²) in [7, 11) is 0. The van der Waals surface area contributed by atoms with Crippen molar-refractivity contribution in [1.82, 2.24) is 10.2 Å². The first kappa shape index (κ1) is 17.9. The van der Waals surface area contributed by atoms with Crippen LogP contribution in [0.2, 0.25) is 5.02 Å². The molecule has 1 atom stereocenters. The van der Waals surface area contributed by atoms with Gasteiger partial charge in [0.1, 0.15) is 10.3 Å². The minimum absolute atomic E-state index is 0.121. The van der Waals surface area contributed by atoms with Crippen LogP contribution in [0.5, 0.6) is 0 Å². The summed E-state index contributed by atoms with van der Waals surface area (Å²) < 4.78 is 0.767. The Bertz CT molecular complexity index is 883. The first-order valence-corrected chi connectivity index (χ1v) is 9.69. The lowest BCUT2D eigenvalue weighted by atomic mass is 10.1. The molecule has 1 aromatic heterocycles. The molecule has 2 aromatic carbocycles. The number of nitrogens with one attached hydrogen (secondary N) is 1. The van der Waals surface area contributed by atoms with E-state index in [0.29, 0.717) is 10.7 Å². The Morgan fingerprint density at radius 1 is 1.16 bits per heavy atom. The molecule has 0 aliphatic rings. The number of carbonyl (C=O) groups is 1. The number of halogens is 1. The summed E-state index contributed by atoms with van der Waals surface area (Å²) in [6, 6.07) is 15.1. The zero-order valence-electron chi connectivity index (χ0n) is 13.7. The summed E-state index contributed by atoms with van der Waals surface area (Å²) in [5, 5.41) is 12.2. The third-order valence-corrected chi connectivity index (χ3v) is 6.09. The quantitative estimate of drug-likeness (QED) is 0.603. The maximum Gasteiger partial charge on any atom is 0.242 e. The fourth-order valence-electron chi connectivity index (χ4n) is 2.21. The van der Waals surface area contributed by atoms with Gasteiger partial charge in [-0.2, -0.15) is 0 Å². The molecule has 0 fully saturated rings. The minimum Gasteiger partial charge on any atom is -0.325 e. The molecule has 1 N–H and O–H groups in total. The van der Waals surface area contributed by atoms with Gasteiger partial charge in [0.05, 0.1) is 0 Å². The molecule has 3 rings (SSSR count). The molecule has 7 heteroatoms. The predicted octanol–water partition coefficient (Wildman–Crippen LogP) is 5.28. The molecule has 1 amide bonds. The highest BCUT2D eigenvalue weighted by molar-refractivity contribution is 8.01. The highest BCUT2D eigenvalue weighted by atomic mass is 35.5. The van der Waals surface area contributed by atoms with Gasteiger partial charge in [-0.3, -0.25) is 4.79 Å². The van der Waals surface area contributed by atoms with Gasteiger partial charge in [-0.15, -0.1) is 10.2 Å². The van der Waals surface area contributed by atoms with E-state index in [2.05, 4.69) is 15.5 Å². The van der Waals surface area contributed by atoms with Gasteiger partial charge in [-0.05, 0) is 37.1 Å². The lowest BCUT2D eigenvalue weighted by Crippen LogP contribution is -2.19. The molecule has 1 unspecified atom stereocenters. The normalized spacial score (nSPS) is 12.0. The van der Waals surface area contributed by atoms with Crippen molar-refractivity contribution in [1.29, 1.82) is 0 Å². The van der Waals surface area contributed by atoms with E-state index in [1.165, 1.54) is 23.1 Å². The van der Waals surface area contributed by atoms with Gasteiger partial charge in [0, 0.05) is 10.7 Å². The van der Waals surface area contributed by atoms with Crippen LogP contribution in [0.25, 0.3) is 0 Å². The van der Waals surface area contributed by atoms with E-state index < -0.39 is 5.25 Å². The number of anilines is 1. The third kappa shape index (κ3) is 4.60. The molecule has 0 aliphatic carbocycles. The van der Waals surface area contributed by atoms with E-state index in [0.717, 1.165) is 20.5 Å². The van der Waals surface area contributed by atoms with Gasteiger partial charge in [-0.1, -0.05) is 71.1 Å². The van der Waals surface area contributed by atoms with Crippen LogP contribution in [-0.4, -0.2) is 16.1 Å². The number of carbonyl (C=O) groups excluding carboxylic acids is 1. The maximum atomic E-state index is 12.9. The highest BCUT2D eigenvalue weighted by Crippen LogP contribution is 2.37. The second-order valence-corrected chi connectivity index (χ2v) is 8.39. The Labute approximate surface area is 159 Å². The number of rotatable bonds is 5. The maximum absolute atomic E-state index is 12.9. The Balaban J connectivity index is 1.85. The van der Waals surface area contributed by atoms with Gasteiger partial charge in [0.25, 0.3) is 0 Å². The highest BCUT2D eigenvalue weighted by Gasteiger charge is 2.24. The Hall–Kier alpha value is -1.89. The van der Waals surface area contributed by atoms with Gasteiger partial charge in [-0.25, -0.2) is 0 Å². The zero-order chi connectivity index (χ0) is 17.8. The van der Waals surface area contributed by atoms with Crippen LogP contribution in [-0.2, 0) is 4.79 Å². The van der Waals surface area contributed by atoms with Crippen LogP contribution in [0.3, 0.4) is 0 Å². The van der Waals surface area contributed by atoms with Crippen LogP contribution in [0, 0.1) is 13.8 Å². The van der Waals surface area contributed by atoms with E-state index in [4.69, 9.17) is 11.6 Å². The SMILES string of the molecule is Cc1nnc(SC(C(=O)Nc2ccc(C)c(Cl)c2)c2ccccc2)s1. The molecular formula is C18H16ClN3OS2. The minimum atomic E-state index is -0.423. The van der Waals surface area contributed by atoms with Crippen LogP contribution < -0.4 is 5.32 Å². The van der Waals surface area contributed by atoms with Gasteiger partial charge in [0.2, 0.25) is 5.91 Å². The summed E-state index contributed by atoms with van der Waals surface area (Å²) in [6.45, 7) is 3.82. The van der Waals surface area contributed by atoms with Crippen molar-refractivity contribution < 1.29 is 4.79 Å². The lowest BCUT2D eigenvalue weighted by molar-refractivity contribution is -0.115. The molecule has 0 aliphatic heterocycles. The molecule has 1 heterocycles. The van der Waals surface area contributed by atoms with Crippen molar-refractivity contribution in [3.05, 3.63) is 69.7 Å². The fourth-order valence-corrected chi connectivity index (χ4v) is 4.39. The molecule has 0 radical (unpaired) electrons. The van der Waals surface area contributed by atoms with Crippen LogP contribution >= 0.6 is 34.7 Å². The first-order chi connectivity index (χ1) is 12.0. The van der Waals surface area contributed by atoms with Crippen LogP contribution in [0.4, 0.5) is 5.69 Å². The average molecular weight is 390 g/mol. The summed E-state index contributed by atoms with van der Waals surface area (Å²) in [5.41, 5.74) is 2.56. The zero-order valence-corrected chi connectivity index (χ0v) is 16.1. The van der Waals surface area contributed by atoms with E-state index >= 15 is 0 Å². The molecule has 0 bridgehead atoms. The number of aryl methyl sites for hydroxylation is 2. The van der Waals surface area contributed by atoms with E-state index in [-0.39, 0.29) is 5.91 Å². The fraction of sp³-hybridized carbons (Fsp3) is 0.167. The summed E-state index contributed by atoms with van der Waals surface area (Å²) in [5.74, 6) is -0.121. The van der Waals surface area contributed by atoms with Crippen LogP contribution in [0.15, 0.2) is 52.9 Å². The predicted molar refractivity (Wildman–Crippen MR) is 105 cm³/mol. The topological polar surface area (TPSA) is 54.9 Å². The molecule has 25 heavy (non-hydrogen) atoms. The summed E-state index contributed by atoms with van der Waals surface area (Å²) in [4.78, 5) is 12.9. The second kappa shape index (κ2) is 7.99. The standard InChI is InChI=1S/C18H16ClN3OS2/c1-11-8-9-14(10-15(11)19)20-17(23)16(13-6-4-3-5-7-13)25-18-22-21-12(2)24-18/h3-10,16H,1-2H3,(H,20,23). The number of hydrogen-bond acceptors (Lipinski definition) is 5. The number of hydrogen-bond donors (Lipinski definition) is 1. The lowest BCUT2D eigenvalue weighted by Gasteiger charge is -2.16. The van der Waals surface area contributed by atoms with Crippen molar-refractivity contribution in [2.24, 2.45) is 0 Å². The van der Waals surface area contributed by atoms with Gasteiger partial charge < -0.3 is 5.32 Å². The molecule has 0 spiro atoms. The third-order valence-electron chi connectivity index (χ3n) is 3.51. The summed E-state index contributed by atoms with van der Waals surface area (Å²) in [6.07, 6.45) is 0. The number of amides is 1. The second-order valence-electron chi connectivity index (χ2n) is 5.45. The molecule has 4 nitrogen and oxygen atoms in total. The Kier molecular flexibility index (Phi) is 5.73. The molecule has 128 valence electrons. The number of thioether (sulfide) groups is 1. The van der Waals surface area contributed by atoms with Gasteiger partial charge in [0.15, 0.2) is 4.34 Å². The van der Waals surface area contributed by atoms with Gasteiger partial charge >= 0.3 is 0 Å². The van der Waals surface area contributed by atoms with Crippen molar-refractivity contribution in [3.63, 3.8) is 0 Å². The monoisotopic (exact) mass is 389 g/mol. The van der Waals surface area contributed by atoms with Crippen molar-refractivity contribution in [2.45, 2.75) is 23.4 Å². The van der Waals surface area contributed by atoms with E-state index in [9.17, 15) is 4.79 Å². The molecule has 0 saturated carbocycles. The van der Waals surface area contributed by atoms with E-state index in [1.54, 1.807) is 6.07 Å². The molecule has 0 saturated heterocycles. The Morgan fingerprint density at radius 2 is 1.92 bits per heavy atom. The van der Waals surface area contributed by atoms with E-state index in [1.807, 2.05) is 56.3 Å². The molecular weight excluding hydrogens is 374 g/mol. The number of aromatic nitrogens is 2. The largest absolute Gasteiger partial charge is 0.325 e. The smallest absolute Gasteiger partial charge is 0.242 e. The molecule has 3 aromatic rings.